The number of thiazole rings is 1. The number of hydrogen-bond acceptors (Lipinski definition) is 6. The molecule has 0 bridgehead atoms. The zero-order valence-electron chi connectivity index (χ0n) is 20.7. The molecule has 0 atom stereocenters. The highest BCUT2D eigenvalue weighted by molar-refractivity contribution is 7.18. The lowest BCUT2D eigenvalue weighted by atomic mass is 9.83. The number of likely N-dealkylation sites (tertiary alicyclic amines) is 1. The lowest BCUT2D eigenvalue weighted by Crippen LogP contribution is -2.55. The summed E-state index contributed by atoms with van der Waals surface area (Å²) in [6, 6.07) is 11.8. The molecule has 0 aliphatic carbocycles. The second-order valence-corrected chi connectivity index (χ2v) is 11.3. The van der Waals surface area contributed by atoms with Gasteiger partial charge < -0.3 is 14.7 Å². The van der Waals surface area contributed by atoms with Crippen LogP contribution in [0.3, 0.4) is 0 Å². The number of hydrogen-bond donors (Lipinski definition) is 1. The lowest BCUT2D eigenvalue weighted by molar-refractivity contribution is -0.136. The number of anilines is 1. The number of nitrogens with zero attached hydrogens (tertiary/aromatic N) is 3. The maximum atomic E-state index is 13.7. The van der Waals surface area contributed by atoms with E-state index >= 15 is 0 Å². The van der Waals surface area contributed by atoms with E-state index in [0.29, 0.717) is 22.9 Å². The minimum atomic E-state index is -0.878. The van der Waals surface area contributed by atoms with Crippen molar-refractivity contribution >= 4 is 34.0 Å². The predicted octanol–water partition coefficient (Wildman–Crippen LogP) is 6.13. The third kappa shape index (κ3) is 6.08. The molecule has 2 aromatic carbocycles. The average molecular weight is 544 g/mol. The summed E-state index contributed by atoms with van der Waals surface area (Å²) in [7, 11) is 0. The van der Waals surface area contributed by atoms with Crippen molar-refractivity contribution in [3.8, 4) is 16.2 Å². The summed E-state index contributed by atoms with van der Waals surface area (Å²) in [5.41, 5.74) is 1.59. The van der Waals surface area contributed by atoms with Crippen LogP contribution in [0.15, 0.2) is 48.7 Å². The fourth-order valence-corrected chi connectivity index (χ4v) is 6.65. The molecule has 2 aliphatic rings. The summed E-state index contributed by atoms with van der Waals surface area (Å²) >= 11 is 7.95. The van der Waals surface area contributed by atoms with Crippen LogP contribution < -0.4 is 9.64 Å². The van der Waals surface area contributed by atoms with Crippen LogP contribution in [0.1, 0.15) is 37.7 Å². The second kappa shape index (κ2) is 11.4. The largest absolute Gasteiger partial charge is 0.492 e. The standard InChI is InChI=1S/C28H31ClFN3O3S/c29-23-7-6-20(17-26(34)35)16-24(23)36-15-10-28(33-11-1-2-12-33)8-13-32(14-9-28)27-31-19-25(37-27)21-4-3-5-22(30)18-21/h3-7,16,18-19H,1-2,8-15,17H2,(H,34,35). The molecule has 37 heavy (non-hydrogen) atoms. The Morgan fingerprint density at radius 3 is 2.65 bits per heavy atom. The van der Waals surface area contributed by atoms with Gasteiger partial charge in [-0.05, 0) is 80.6 Å². The summed E-state index contributed by atoms with van der Waals surface area (Å²) in [6.07, 6.45) is 7.13. The molecular formula is C28H31ClFN3O3S. The molecule has 6 nitrogen and oxygen atoms in total. The Morgan fingerprint density at radius 2 is 1.92 bits per heavy atom. The Kier molecular flexibility index (Phi) is 7.98. The molecule has 2 aliphatic heterocycles. The molecule has 9 heteroatoms. The third-order valence-corrected chi connectivity index (χ3v) is 8.94. The van der Waals surface area contributed by atoms with Crippen molar-refractivity contribution < 1.29 is 19.0 Å². The summed E-state index contributed by atoms with van der Waals surface area (Å²) in [5, 5.41) is 10.6. The first-order valence-electron chi connectivity index (χ1n) is 12.8. The molecule has 1 aromatic heterocycles. The van der Waals surface area contributed by atoms with Crippen LogP contribution in [-0.2, 0) is 11.2 Å². The molecule has 0 saturated carbocycles. The van der Waals surface area contributed by atoms with E-state index in [-0.39, 0.29) is 17.8 Å². The van der Waals surface area contributed by atoms with E-state index in [1.165, 1.54) is 18.9 Å². The van der Waals surface area contributed by atoms with Crippen molar-refractivity contribution in [1.29, 1.82) is 0 Å². The second-order valence-electron chi connectivity index (χ2n) is 9.86. The van der Waals surface area contributed by atoms with Gasteiger partial charge in [0.2, 0.25) is 0 Å². The lowest BCUT2D eigenvalue weighted by Gasteiger charge is -2.47. The Morgan fingerprint density at radius 1 is 1.14 bits per heavy atom. The van der Waals surface area contributed by atoms with Crippen LogP contribution in [0.4, 0.5) is 9.52 Å². The van der Waals surface area contributed by atoms with Gasteiger partial charge in [-0.1, -0.05) is 41.1 Å². The highest BCUT2D eigenvalue weighted by atomic mass is 35.5. The van der Waals surface area contributed by atoms with Crippen molar-refractivity contribution in [2.24, 2.45) is 0 Å². The zero-order chi connectivity index (χ0) is 25.8. The third-order valence-electron chi connectivity index (χ3n) is 7.52. The summed E-state index contributed by atoms with van der Waals surface area (Å²) in [5.74, 6) is -0.573. The minimum absolute atomic E-state index is 0.0563. The van der Waals surface area contributed by atoms with E-state index < -0.39 is 5.97 Å². The minimum Gasteiger partial charge on any atom is -0.492 e. The van der Waals surface area contributed by atoms with E-state index in [1.807, 2.05) is 12.3 Å². The van der Waals surface area contributed by atoms with Crippen molar-refractivity contribution in [2.45, 2.75) is 44.1 Å². The molecule has 0 spiro atoms. The first kappa shape index (κ1) is 25.9. The van der Waals surface area contributed by atoms with E-state index in [1.54, 1.807) is 41.7 Å². The highest BCUT2D eigenvalue weighted by Crippen LogP contribution is 2.39. The Hall–Kier alpha value is -2.68. The van der Waals surface area contributed by atoms with Gasteiger partial charge in [-0.3, -0.25) is 9.69 Å². The van der Waals surface area contributed by atoms with Crippen LogP contribution in [-0.4, -0.2) is 59.3 Å². The summed E-state index contributed by atoms with van der Waals surface area (Å²) < 4.78 is 19.8. The van der Waals surface area contributed by atoms with Crippen molar-refractivity contribution in [3.05, 3.63) is 65.1 Å². The van der Waals surface area contributed by atoms with Gasteiger partial charge in [0, 0.05) is 24.8 Å². The number of carboxylic acids is 1. The van der Waals surface area contributed by atoms with Crippen LogP contribution in [0.5, 0.6) is 5.75 Å². The quantitative estimate of drug-likeness (QED) is 0.350. The van der Waals surface area contributed by atoms with Gasteiger partial charge in [0.25, 0.3) is 0 Å². The van der Waals surface area contributed by atoms with Crippen LogP contribution in [0.25, 0.3) is 10.4 Å². The molecular weight excluding hydrogens is 513 g/mol. The van der Waals surface area contributed by atoms with Gasteiger partial charge in [0.15, 0.2) is 5.13 Å². The van der Waals surface area contributed by atoms with Crippen LogP contribution in [0.2, 0.25) is 5.02 Å². The Labute approximate surface area is 225 Å². The predicted molar refractivity (Wildman–Crippen MR) is 145 cm³/mol. The highest BCUT2D eigenvalue weighted by Gasteiger charge is 2.41. The monoisotopic (exact) mass is 543 g/mol. The van der Waals surface area contributed by atoms with Crippen molar-refractivity contribution in [1.82, 2.24) is 9.88 Å². The van der Waals surface area contributed by atoms with Gasteiger partial charge in [0.05, 0.1) is 22.9 Å². The number of benzene rings is 2. The number of aliphatic carboxylic acids is 1. The number of aromatic nitrogens is 1. The SMILES string of the molecule is O=C(O)Cc1ccc(Cl)c(OCCC2(N3CCCC3)CCN(c3ncc(-c4cccc(F)c4)s3)CC2)c1. The number of ether oxygens (including phenoxy) is 1. The van der Waals surface area contributed by atoms with Gasteiger partial charge in [-0.15, -0.1) is 0 Å². The fourth-order valence-electron chi connectivity index (χ4n) is 5.51. The van der Waals surface area contributed by atoms with Gasteiger partial charge in [-0.2, -0.15) is 0 Å². The first-order valence-corrected chi connectivity index (χ1v) is 14.0. The topological polar surface area (TPSA) is 65.9 Å². The Bertz CT molecular complexity index is 1240. The smallest absolute Gasteiger partial charge is 0.307 e. The molecule has 3 heterocycles. The molecule has 2 saturated heterocycles. The fraction of sp³-hybridized carbons (Fsp3) is 0.429. The maximum absolute atomic E-state index is 13.7. The van der Waals surface area contributed by atoms with Crippen molar-refractivity contribution in [3.63, 3.8) is 0 Å². The molecule has 5 rings (SSSR count). The molecule has 196 valence electrons. The van der Waals surface area contributed by atoms with Crippen LogP contribution in [0, 0.1) is 5.82 Å². The number of halogens is 2. The molecule has 0 radical (unpaired) electrons. The molecule has 0 unspecified atom stereocenters. The van der Waals surface area contributed by atoms with Crippen molar-refractivity contribution in [2.75, 3.05) is 37.7 Å². The number of rotatable bonds is 9. The number of piperidine rings is 1. The maximum Gasteiger partial charge on any atom is 0.307 e. The van der Waals surface area contributed by atoms with Gasteiger partial charge in [0.1, 0.15) is 11.6 Å². The summed E-state index contributed by atoms with van der Waals surface area (Å²) in [6.45, 7) is 4.54. The molecule has 2 fully saturated rings. The van der Waals surface area contributed by atoms with E-state index in [4.69, 9.17) is 21.4 Å². The average Bonchev–Trinajstić information content (AvgIpc) is 3.59. The normalized spacial score (nSPS) is 17.7. The van der Waals surface area contributed by atoms with Gasteiger partial charge >= 0.3 is 5.97 Å². The summed E-state index contributed by atoms with van der Waals surface area (Å²) in [4.78, 5) is 21.7. The molecule has 0 amide bonds. The van der Waals surface area contributed by atoms with Gasteiger partial charge in [-0.25, -0.2) is 9.37 Å². The number of carboxylic acid groups (broad SMARTS) is 1. The zero-order valence-corrected chi connectivity index (χ0v) is 22.2. The molecule has 3 aromatic rings. The van der Waals surface area contributed by atoms with Crippen LogP contribution >= 0.6 is 22.9 Å². The Balaban J connectivity index is 1.24. The van der Waals surface area contributed by atoms with E-state index in [0.717, 1.165) is 61.0 Å². The molecule has 1 N–H and O–H groups in total. The first-order chi connectivity index (χ1) is 17.9. The van der Waals surface area contributed by atoms with E-state index in [9.17, 15) is 9.18 Å². The van der Waals surface area contributed by atoms with E-state index in [2.05, 4.69) is 14.8 Å². The number of carbonyl (C=O) groups is 1.